The second kappa shape index (κ2) is 14.8. The second-order valence-corrected chi connectivity index (χ2v) is 17.1. The average Bonchev–Trinajstić information content (AvgIpc) is 3.78. The number of thiophene rings is 1. The van der Waals surface area contributed by atoms with Gasteiger partial charge in [-0.1, -0.05) is 81.4 Å². The van der Waals surface area contributed by atoms with Crippen LogP contribution in [0.4, 0.5) is 8.78 Å². The number of amides is 3. The van der Waals surface area contributed by atoms with E-state index < -0.39 is 42.7 Å². The molecule has 2 fully saturated rings. The Bertz CT molecular complexity index is 2000. The number of carbonyl (C=O) groups is 3. The predicted molar refractivity (Wildman–Crippen MR) is 194 cm³/mol. The molecule has 0 saturated carbocycles. The van der Waals surface area contributed by atoms with Crippen molar-refractivity contribution in [2.75, 3.05) is 26.2 Å². The van der Waals surface area contributed by atoms with Crippen LogP contribution < -0.4 is 5.32 Å². The normalized spacial score (nSPS) is 19.1. The van der Waals surface area contributed by atoms with Crippen LogP contribution in [0.15, 0.2) is 78.9 Å². The number of alkyl halides is 2. The summed E-state index contributed by atoms with van der Waals surface area (Å²) >= 11 is 1.00. The lowest BCUT2D eigenvalue weighted by molar-refractivity contribution is -0.149. The second-order valence-electron chi connectivity index (χ2n) is 14.4. The molecule has 14 heteroatoms. The summed E-state index contributed by atoms with van der Waals surface area (Å²) in [7, 11) is -5.79. The standard InChI is InChI=1S/C38H42F2N3O7PS/c1-37(2,3)27-13-11-24(12-14-27)20-29(41-34(44)33-22-26-21-28(15-16-32(26)52-33)38(39,40)51(47,48)49)35(45)43-17-7-10-30(43)36(46)42-18-19-50-31(23-42)25-8-5-4-6-9-25/h4-6,8-9,11-16,21-22,29-31H,7,10,17-20,23H2,1-3H3,(H,41,44)(H2,47,48,49). The molecule has 4 aromatic rings. The molecule has 3 unspecified atom stereocenters. The van der Waals surface area contributed by atoms with Gasteiger partial charge in [-0.2, -0.15) is 8.78 Å². The smallest absolute Gasteiger partial charge is 0.370 e. The number of halogens is 2. The summed E-state index contributed by atoms with van der Waals surface area (Å²) < 4.78 is 46.8. The van der Waals surface area contributed by atoms with E-state index in [9.17, 15) is 37.5 Å². The minimum absolute atomic E-state index is 0.0968. The first kappa shape index (κ1) is 37.7. The zero-order valence-electron chi connectivity index (χ0n) is 29.1. The molecule has 2 aliphatic heterocycles. The molecule has 0 spiro atoms. The number of ether oxygens (including phenoxy) is 1. The fourth-order valence-corrected chi connectivity index (χ4v) is 8.16. The quantitative estimate of drug-likeness (QED) is 0.169. The molecule has 52 heavy (non-hydrogen) atoms. The van der Waals surface area contributed by atoms with Gasteiger partial charge in [-0.25, -0.2) is 0 Å². The van der Waals surface area contributed by atoms with E-state index in [4.69, 9.17) is 4.74 Å². The van der Waals surface area contributed by atoms with Crippen molar-refractivity contribution < 1.29 is 42.3 Å². The van der Waals surface area contributed by atoms with E-state index in [2.05, 4.69) is 26.1 Å². The fraction of sp³-hybridized carbons (Fsp3) is 0.395. The van der Waals surface area contributed by atoms with Crippen molar-refractivity contribution in [1.82, 2.24) is 15.1 Å². The molecule has 3 amide bonds. The first-order valence-corrected chi connectivity index (χ1v) is 19.6. The molecule has 2 saturated heterocycles. The van der Waals surface area contributed by atoms with Crippen LogP contribution in [-0.2, 0) is 36.4 Å². The molecular weight excluding hydrogens is 711 g/mol. The number of likely N-dealkylation sites (tertiary alicyclic amines) is 1. The number of fused-ring (bicyclic) bond motifs is 1. The SMILES string of the molecule is CC(C)(C)c1ccc(CC(NC(=O)c2cc3cc(C(F)(F)P(=O)(O)O)ccc3s2)C(=O)N2CCCC2C(=O)N2CCOC(c3ccccc3)C2)cc1. The highest BCUT2D eigenvalue weighted by Gasteiger charge is 2.50. The molecule has 3 N–H and O–H groups in total. The number of nitrogens with zero attached hydrogens (tertiary/aromatic N) is 2. The molecule has 276 valence electrons. The summed E-state index contributed by atoms with van der Waals surface area (Å²) in [4.78, 5) is 64.0. The number of hydrogen-bond acceptors (Lipinski definition) is 6. The Morgan fingerprint density at radius 2 is 1.67 bits per heavy atom. The molecule has 6 rings (SSSR count). The van der Waals surface area contributed by atoms with Crippen LogP contribution in [0.25, 0.3) is 10.1 Å². The van der Waals surface area contributed by atoms with Crippen LogP contribution >= 0.6 is 18.9 Å². The number of morpholine rings is 1. The van der Waals surface area contributed by atoms with Crippen LogP contribution in [0.5, 0.6) is 0 Å². The van der Waals surface area contributed by atoms with Crippen molar-refractivity contribution in [2.24, 2.45) is 0 Å². The van der Waals surface area contributed by atoms with Gasteiger partial charge in [0.2, 0.25) is 11.8 Å². The Hall–Kier alpha value is -4.00. The zero-order valence-corrected chi connectivity index (χ0v) is 30.8. The molecule has 1 aromatic heterocycles. The van der Waals surface area contributed by atoms with Gasteiger partial charge < -0.3 is 29.6 Å². The molecule has 0 bridgehead atoms. The summed E-state index contributed by atoms with van der Waals surface area (Å²) in [5.41, 5.74) is -2.51. The number of nitrogens with one attached hydrogen (secondary N) is 1. The predicted octanol–water partition coefficient (Wildman–Crippen LogP) is 6.36. The zero-order chi connectivity index (χ0) is 37.4. The van der Waals surface area contributed by atoms with E-state index in [0.29, 0.717) is 43.8 Å². The third-order valence-electron chi connectivity index (χ3n) is 9.69. The van der Waals surface area contributed by atoms with E-state index >= 15 is 0 Å². The number of carbonyl (C=O) groups excluding carboxylic acids is 3. The van der Waals surface area contributed by atoms with Crippen molar-refractivity contribution in [3.8, 4) is 0 Å². The lowest BCUT2D eigenvalue weighted by atomic mass is 9.86. The Labute approximate surface area is 304 Å². The average molecular weight is 754 g/mol. The van der Waals surface area contributed by atoms with Crippen molar-refractivity contribution in [2.45, 2.75) is 69.3 Å². The Balaban J connectivity index is 1.25. The number of benzene rings is 3. The number of rotatable bonds is 9. The molecular formula is C38H42F2N3O7PS. The van der Waals surface area contributed by atoms with Gasteiger partial charge >= 0.3 is 13.3 Å². The third kappa shape index (κ3) is 7.99. The first-order valence-electron chi connectivity index (χ1n) is 17.2. The highest BCUT2D eigenvalue weighted by atomic mass is 32.1. The van der Waals surface area contributed by atoms with Gasteiger partial charge in [0.1, 0.15) is 18.2 Å². The summed E-state index contributed by atoms with van der Waals surface area (Å²) in [5, 5.41) is 3.06. The van der Waals surface area contributed by atoms with Gasteiger partial charge in [0, 0.05) is 29.8 Å². The highest BCUT2D eigenvalue weighted by Crippen LogP contribution is 2.59. The van der Waals surface area contributed by atoms with E-state index in [1.54, 1.807) is 9.80 Å². The monoisotopic (exact) mass is 753 g/mol. The van der Waals surface area contributed by atoms with Crippen molar-refractivity contribution in [3.63, 3.8) is 0 Å². The Kier molecular flexibility index (Phi) is 10.7. The van der Waals surface area contributed by atoms with Crippen LogP contribution in [0, 0.1) is 0 Å². The summed E-state index contributed by atoms with van der Waals surface area (Å²) in [5.74, 6) is -1.18. The topological polar surface area (TPSA) is 136 Å². The molecule has 0 aliphatic carbocycles. The molecule has 3 heterocycles. The maximum absolute atomic E-state index is 14.5. The van der Waals surface area contributed by atoms with Crippen molar-refractivity contribution in [1.29, 1.82) is 0 Å². The van der Waals surface area contributed by atoms with E-state index in [0.717, 1.165) is 40.2 Å². The Morgan fingerprint density at radius 1 is 0.981 bits per heavy atom. The third-order valence-corrected chi connectivity index (χ3v) is 11.8. The van der Waals surface area contributed by atoms with Crippen LogP contribution in [0.2, 0.25) is 0 Å². The van der Waals surface area contributed by atoms with E-state index in [1.807, 2.05) is 54.6 Å². The van der Waals surface area contributed by atoms with Gasteiger partial charge in [-0.15, -0.1) is 11.3 Å². The van der Waals surface area contributed by atoms with Crippen LogP contribution in [-0.4, -0.2) is 75.6 Å². The fourth-order valence-electron chi connectivity index (χ4n) is 6.73. The van der Waals surface area contributed by atoms with Crippen LogP contribution in [0.3, 0.4) is 0 Å². The summed E-state index contributed by atoms with van der Waals surface area (Å²) in [6, 6.07) is 20.2. The molecule has 2 aliphatic rings. The first-order chi connectivity index (χ1) is 24.5. The highest BCUT2D eigenvalue weighted by molar-refractivity contribution is 7.52. The summed E-state index contributed by atoms with van der Waals surface area (Å²) in [6.45, 7) is 7.74. The molecule has 3 aromatic carbocycles. The largest absolute Gasteiger partial charge is 0.399 e. The van der Waals surface area contributed by atoms with Gasteiger partial charge in [0.15, 0.2) is 0 Å². The maximum Gasteiger partial charge on any atom is 0.399 e. The van der Waals surface area contributed by atoms with Gasteiger partial charge in [0.05, 0.1) is 18.0 Å². The van der Waals surface area contributed by atoms with Gasteiger partial charge in [0.25, 0.3) is 5.91 Å². The van der Waals surface area contributed by atoms with Crippen molar-refractivity contribution >= 4 is 46.7 Å². The van der Waals surface area contributed by atoms with Crippen LogP contribution in [0.1, 0.15) is 71.6 Å². The van der Waals surface area contributed by atoms with E-state index in [1.165, 1.54) is 12.1 Å². The molecule has 10 nitrogen and oxygen atoms in total. The minimum atomic E-state index is -5.79. The number of hydrogen-bond donors (Lipinski definition) is 3. The maximum atomic E-state index is 14.5. The Morgan fingerprint density at radius 3 is 2.35 bits per heavy atom. The van der Waals surface area contributed by atoms with Gasteiger partial charge in [-0.3, -0.25) is 18.9 Å². The molecule has 0 radical (unpaired) electrons. The summed E-state index contributed by atoms with van der Waals surface area (Å²) in [6.07, 6.45) is 0.960. The molecule has 3 atom stereocenters. The van der Waals surface area contributed by atoms with E-state index in [-0.39, 0.29) is 34.1 Å². The minimum Gasteiger partial charge on any atom is -0.370 e. The lowest BCUT2D eigenvalue weighted by Crippen LogP contribution is -2.56. The van der Waals surface area contributed by atoms with Crippen molar-refractivity contribution in [3.05, 3.63) is 106 Å². The lowest BCUT2D eigenvalue weighted by Gasteiger charge is -2.37. The van der Waals surface area contributed by atoms with Gasteiger partial charge in [-0.05, 0) is 58.5 Å².